The van der Waals surface area contributed by atoms with Crippen LogP contribution in [0.4, 0.5) is 0 Å². The minimum atomic E-state index is -3.97. The Hall–Kier alpha value is -2.94. The zero-order valence-electron chi connectivity index (χ0n) is 14.6. The molecule has 0 aliphatic rings. The van der Waals surface area contributed by atoms with Gasteiger partial charge in [0.05, 0.1) is 27.0 Å². The summed E-state index contributed by atoms with van der Waals surface area (Å²) in [5.74, 6) is 0.741. The second-order valence-electron chi connectivity index (χ2n) is 5.00. The maximum Gasteiger partial charge on any atom is 0.280 e. The molecule has 26 heavy (non-hydrogen) atoms. The van der Waals surface area contributed by atoms with E-state index in [9.17, 15) is 13.5 Å². The van der Waals surface area contributed by atoms with E-state index in [4.69, 9.17) is 14.2 Å². The molecular weight excluding hydrogens is 360 g/mol. The van der Waals surface area contributed by atoms with Crippen LogP contribution in [-0.4, -0.2) is 40.6 Å². The van der Waals surface area contributed by atoms with Crippen LogP contribution >= 0.6 is 0 Å². The molecule has 0 bridgehead atoms. The van der Waals surface area contributed by atoms with Crippen molar-refractivity contribution < 1.29 is 27.7 Å². The SMILES string of the molecule is CCOc1cccc(C=NNS(=O)(=O)c2ccc(OC)cc2OC)c1O. The van der Waals surface area contributed by atoms with Gasteiger partial charge in [0.1, 0.15) is 16.4 Å². The van der Waals surface area contributed by atoms with E-state index in [0.717, 1.165) is 0 Å². The second-order valence-corrected chi connectivity index (χ2v) is 6.63. The topological polar surface area (TPSA) is 106 Å². The van der Waals surface area contributed by atoms with Crippen molar-refractivity contribution in [3.05, 3.63) is 42.0 Å². The Morgan fingerprint density at radius 2 is 1.92 bits per heavy atom. The number of hydrazone groups is 1. The predicted molar refractivity (Wildman–Crippen MR) is 96.7 cm³/mol. The van der Waals surface area contributed by atoms with Gasteiger partial charge >= 0.3 is 0 Å². The number of benzene rings is 2. The largest absolute Gasteiger partial charge is 0.504 e. The molecule has 8 nitrogen and oxygen atoms in total. The number of nitrogens with zero attached hydrogens (tertiary/aromatic N) is 1. The lowest BCUT2D eigenvalue weighted by molar-refractivity contribution is 0.318. The van der Waals surface area contributed by atoms with Gasteiger partial charge in [0.15, 0.2) is 11.5 Å². The average Bonchev–Trinajstić information content (AvgIpc) is 2.64. The molecule has 0 aliphatic heterocycles. The van der Waals surface area contributed by atoms with E-state index in [2.05, 4.69) is 9.93 Å². The Morgan fingerprint density at radius 3 is 2.58 bits per heavy atom. The number of aromatic hydroxyl groups is 1. The summed E-state index contributed by atoms with van der Waals surface area (Å²) < 4.78 is 40.2. The molecule has 2 N–H and O–H groups in total. The van der Waals surface area contributed by atoms with Crippen molar-refractivity contribution in [2.24, 2.45) is 5.10 Å². The quantitative estimate of drug-likeness (QED) is 0.537. The number of ether oxygens (including phenoxy) is 3. The Kier molecular flexibility index (Phi) is 6.29. The molecule has 2 aromatic carbocycles. The third-order valence-electron chi connectivity index (χ3n) is 3.37. The van der Waals surface area contributed by atoms with Crippen molar-refractivity contribution in [3.8, 4) is 23.0 Å². The molecule has 0 radical (unpaired) electrons. The van der Waals surface area contributed by atoms with Crippen molar-refractivity contribution in [2.45, 2.75) is 11.8 Å². The fourth-order valence-electron chi connectivity index (χ4n) is 2.13. The number of para-hydroxylation sites is 1. The number of phenolic OH excluding ortho intramolecular Hbond substituents is 1. The molecule has 140 valence electrons. The summed E-state index contributed by atoms with van der Waals surface area (Å²) in [5.41, 5.74) is 0.306. The Morgan fingerprint density at radius 1 is 1.15 bits per heavy atom. The van der Waals surface area contributed by atoms with E-state index < -0.39 is 10.0 Å². The molecule has 0 atom stereocenters. The lowest BCUT2D eigenvalue weighted by Crippen LogP contribution is -2.19. The van der Waals surface area contributed by atoms with Crippen LogP contribution in [-0.2, 0) is 10.0 Å². The molecule has 0 spiro atoms. The summed E-state index contributed by atoms with van der Waals surface area (Å²) in [5, 5.41) is 13.8. The molecule has 0 heterocycles. The zero-order valence-corrected chi connectivity index (χ0v) is 15.4. The summed E-state index contributed by atoms with van der Waals surface area (Å²) in [4.78, 5) is 1.99. The van der Waals surface area contributed by atoms with Gasteiger partial charge in [-0.25, -0.2) is 0 Å². The van der Waals surface area contributed by atoms with Gasteiger partial charge in [-0.15, -0.1) is 0 Å². The van der Waals surface area contributed by atoms with Crippen LogP contribution in [0.3, 0.4) is 0 Å². The molecule has 9 heteroatoms. The first kappa shape index (κ1) is 19.4. The number of phenols is 1. The van der Waals surface area contributed by atoms with Crippen molar-refractivity contribution >= 4 is 16.2 Å². The van der Waals surface area contributed by atoms with Gasteiger partial charge in [-0.3, -0.25) is 0 Å². The van der Waals surface area contributed by atoms with Crippen molar-refractivity contribution in [3.63, 3.8) is 0 Å². The highest BCUT2D eigenvalue weighted by molar-refractivity contribution is 7.89. The van der Waals surface area contributed by atoms with Crippen LogP contribution in [0.25, 0.3) is 0 Å². The fourth-order valence-corrected chi connectivity index (χ4v) is 3.07. The molecule has 0 unspecified atom stereocenters. The van der Waals surface area contributed by atoms with Crippen LogP contribution in [0.15, 0.2) is 46.4 Å². The highest BCUT2D eigenvalue weighted by Gasteiger charge is 2.19. The first-order chi connectivity index (χ1) is 12.4. The van der Waals surface area contributed by atoms with Gasteiger partial charge < -0.3 is 19.3 Å². The minimum absolute atomic E-state index is 0.0924. The maximum absolute atomic E-state index is 12.4. The van der Waals surface area contributed by atoms with Gasteiger partial charge in [-0.2, -0.15) is 18.4 Å². The minimum Gasteiger partial charge on any atom is -0.504 e. The summed E-state index contributed by atoms with van der Waals surface area (Å²) >= 11 is 0. The number of sulfonamides is 1. The lowest BCUT2D eigenvalue weighted by atomic mass is 10.2. The van der Waals surface area contributed by atoms with E-state index in [-0.39, 0.29) is 22.1 Å². The standard InChI is InChI=1S/C17H20N2O6S/c1-4-25-14-7-5-6-12(17(14)20)11-18-19-26(21,22)16-9-8-13(23-2)10-15(16)24-3/h5-11,19-20H,4H2,1-3H3. The van der Waals surface area contributed by atoms with Crippen LogP contribution in [0, 0.1) is 0 Å². The second kappa shape index (κ2) is 8.43. The Balaban J connectivity index is 2.23. The lowest BCUT2D eigenvalue weighted by Gasteiger charge is -2.10. The van der Waals surface area contributed by atoms with Crippen LogP contribution < -0.4 is 19.0 Å². The number of nitrogens with one attached hydrogen (secondary N) is 1. The van der Waals surface area contributed by atoms with Gasteiger partial charge in [0.2, 0.25) is 0 Å². The van der Waals surface area contributed by atoms with E-state index in [1.54, 1.807) is 25.1 Å². The van der Waals surface area contributed by atoms with E-state index in [1.807, 2.05) is 0 Å². The van der Waals surface area contributed by atoms with Gasteiger partial charge in [0.25, 0.3) is 10.0 Å². The van der Waals surface area contributed by atoms with Gasteiger partial charge in [-0.1, -0.05) is 6.07 Å². The van der Waals surface area contributed by atoms with Crippen LogP contribution in [0.1, 0.15) is 12.5 Å². The van der Waals surface area contributed by atoms with E-state index in [1.165, 1.54) is 38.6 Å². The number of methoxy groups -OCH3 is 2. The highest BCUT2D eigenvalue weighted by atomic mass is 32.2. The summed E-state index contributed by atoms with van der Waals surface area (Å²) in [6.45, 7) is 2.18. The number of hydrogen-bond donors (Lipinski definition) is 2. The van der Waals surface area contributed by atoms with Crippen LogP contribution in [0.5, 0.6) is 23.0 Å². The molecule has 0 aliphatic carbocycles. The molecule has 0 amide bonds. The third kappa shape index (κ3) is 4.37. The predicted octanol–water partition coefficient (Wildman–Crippen LogP) is 2.12. The Labute approximate surface area is 152 Å². The molecule has 2 rings (SSSR count). The molecule has 0 saturated carbocycles. The Bertz CT molecular complexity index is 896. The highest BCUT2D eigenvalue weighted by Crippen LogP contribution is 2.29. The number of hydrogen-bond acceptors (Lipinski definition) is 7. The number of rotatable bonds is 8. The zero-order chi connectivity index (χ0) is 19.2. The van der Waals surface area contributed by atoms with Crippen molar-refractivity contribution in [1.82, 2.24) is 4.83 Å². The summed E-state index contributed by atoms with van der Waals surface area (Å²) in [6, 6.07) is 9.13. The fraction of sp³-hybridized carbons (Fsp3) is 0.235. The summed E-state index contributed by atoms with van der Waals surface area (Å²) in [7, 11) is -1.15. The monoisotopic (exact) mass is 380 g/mol. The average molecular weight is 380 g/mol. The molecular formula is C17H20N2O6S. The van der Waals surface area contributed by atoms with Crippen LogP contribution in [0.2, 0.25) is 0 Å². The van der Waals surface area contributed by atoms with E-state index in [0.29, 0.717) is 17.9 Å². The smallest absolute Gasteiger partial charge is 0.280 e. The molecule has 0 saturated heterocycles. The van der Waals surface area contributed by atoms with E-state index >= 15 is 0 Å². The van der Waals surface area contributed by atoms with Crippen molar-refractivity contribution in [1.29, 1.82) is 0 Å². The summed E-state index contributed by atoms with van der Waals surface area (Å²) in [6.07, 6.45) is 1.19. The van der Waals surface area contributed by atoms with Gasteiger partial charge in [-0.05, 0) is 31.2 Å². The molecule has 0 aromatic heterocycles. The normalized spacial score (nSPS) is 11.3. The molecule has 2 aromatic rings. The first-order valence-electron chi connectivity index (χ1n) is 7.64. The maximum atomic E-state index is 12.4. The van der Waals surface area contributed by atoms with Crippen molar-refractivity contribution in [2.75, 3.05) is 20.8 Å². The molecule has 0 fully saturated rings. The van der Waals surface area contributed by atoms with Gasteiger partial charge in [0, 0.05) is 11.6 Å². The third-order valence-corrected chi connectivity index (χ3v) is 4.63. The first-order valence-corrected chi connectivity index (χ1v) is 9.13.